The van der Waals surface area contributed by atoms with Crippen LogP contribution in [0.25, 0.3) is 0 Å². The molecule has 0 amide bonds. The van der Waals surface area contributed by atoms with Gasteiger partial charge in [-0.15, -0.1) is 0 Å². The van der Waals surface area contributed by atoms with Crippen LogP contribution in [0.15, 0.2) is 23.1 Å². The van der Waals surface area contributed by atoms with E-state index in [1.165, 1.54) is 4.31 Å². The van der Waals surface area contributed by atoms with Crippen molar-refractivity contribution in [1.82, 2.24) is 4.31 Å². The maximum atomic E-state index is 13.7. The number of ether oxygens (including phenoxy) is 1. The minimum absolute atomic E-state index is 0.131. The van der Waals surface area contributed by atoms with E-state index in [0.717, 1.165) is 12.1 Å². The molecule has 2 atom stereocenters. The fourth-order valence-corrected chi connectivity index (χ4v) is 4.12. The molecule has 4 nitrogen and oxygen atoms in total. The molecule has 1 aliphatic heterocycles. The molecule has 0 bridgehead atoms. The zero-order valence-electron chi connectivity index (χ0n) is 10.7. The van der Waals surface area contributed by atoms with Crippen LogP contribution in [0.3, 0.4) is 0 Å². The van der Waals surface area contributed by atoms with Gasteiger partial charge in [0, 0.05) is 24.0 Å². The van der Waals surface area contributed by atoms with Crippen LogP contribution in [-0.4, -0.2) is 43.4 Å². The molecule has 20 heavy (non-hydrogen) atoms. The molecule has 0 saturated carbocycles. The SMILES string of the molecule is CC1COC(CBr)CN1S(=O)(=O)c1ccc(F)cc1F. The Kier molecular flexibility index (Phi) is 4.78. The fourth-order valence-electron chi connectivity index (χ4n) is 2.03. The second-order valence-electron chi connectivity index (χ2n) is 4.61. The van der Waals surface area contributed by atoms with E-state index in [0.29, 0.717) is 11.4 Å². The minimum atomic E-state index is -4.01. The van der Waals surface area contributed by atoms with Gasteiger partial charge in [0.25, 0.3) is 0 Å². The molecule has 112 valence electrons. The summed E-state index contributed by atoms with van der Waals surface area (Å²) in [5, 5.41) is 0.484. The summed E-state index contributed by atoms with van der Waals surface area (Å²) < 4.78 is 58.2. The van der Waals surface area contributed by atoms with Crippen LogP contribution in [0.1, 0.15) is 6.92 Å². The fraction of sp³-hybridized carbons (Fsp3) is 0.500. The molecule has 1 heterocycles. The zero-order valence-corrected chi connectivity index (χ0v) is 13.1. The van der Waals surface area contributed by atoms with Gasteiger partial charge >= 0.3 is 0 Å². The highest BCUT2D eigenvalue weighted by Crippen LogP contribution is 2.25. The van der Waals surface area contributed by atoms with E-state index in [1.807, 2.05) is 0 Å². The van der Waals surface area contributed by atoms with E-state index in [2.05, 4.69) is 15.9 Å². The van der Waals surface area contributed by atoms with Crippen molar-refractivity contribution in [2.45, 2.75) is 24.0 Å². The lowest BCUT2D eigenvalue weighted by Gasteiger charge is -2.36. The van der Waals surface area contributed by atoms with E-state index in [1.54, 1.807) is 6.92 Å². The van der Waals surface area contributed by atoms with Crippen molar-refractivity contribution in [3.05, 3.63) is 29.8 Å². The van der Waals surface area contributed by atoms with Gasteiger partial charge in [-0.2, -0.15) is 4.31 Å². The van der Waals surface area contributed by atoms with Gasteiger partial charge in [-0.05, 0) is 19.1 Å². The first-order chi connectivity index (χ1) is 9.36. The number of alkyl halides is 1. The summed E-state index contributed by atoms with van der Waals surface area (Å²) >= 11 is 3.24. The van der Waals surface area contributed by atoms with Crippen LogP contribution in [-0.2, 0) is 14.8 Å². The summed E-state index contributed by atoms with van der Waals surface area (Å²) in [5.41, 5.74) is 0. The van der Waals surface area contributed by atoms with Crippen molar-refractivity contribution in [3.63, 3.8) is 0 Å². The highest BCUT2D eigenvalue weighted by atomic mass is 79.9. The average Bonchev–Trinajstić information content (AvgIpc) is 2.38. The van der Waals surface area contributed by atoms with Gasteiger partial charge in [-0.3, -0.25) is 0 Å². The second kappa shape index (κ2) is 6.05. The van der Waals surface area contributed by atoms with Gasteiger partial charge in [0.1, 0.15) is 16.5 Å². The Morgan fingerprint density at radius 1 is 1.45 bits per heavy atom. The molecule has 2 unspecified atom stereocenters. The van der Waals surface area contributed by atoms with Crippen molar-refractivity contribution in [2.24, 2.45) is 0 Å². The first-order valence-electron chi connectivity index (χ1n) is 6.00. The van der Waals surface area contributed by atoms with E-state index in [-0.39, 0.29) is 19.3 Å². The van der Waals surface area contributed by atoms with Crippen molar-refractivity contribution in [3.8, 4) is 0 Å². The van der Waals surface area contributed by atoms with Crippen molar-refractivity contribution in [1.29, 1.82) is 0 Å². The third-order valence-electron chi connectivity index (χ3n) is 3.10. The van der Waals surface area contributed by atoms with Crippen LogP contribution in [0, 0.1) is 11.6 Å². The molecule has 0 N–H and O–H groups in total. The molecule has 1 aromatic carbocycles. The van der Waals surface area contributed by atoms with E-state index in [4.69, 9.17) is 4.74 Å². The number of nitrogens with zero attached hydrogens (tertiary/aromatic N) is 1. The molecule has 0 aromatic heterocycles. The van der Waals surface area contributed by atoms with Crippen LogP contribution in [0.5, 0.6) is 0 Å². The first kappa shape index (κ1) is 15.8. The Labute approximate surface area is 124 Å². The highest BCUT2D eigenvalue weighted by molar-refractivity contribution is 9.09. The number of morpholine rings is 1. The van der Waals surface area contributed by atoms with Gasteiger partial charge in [-0.1, -0.05) is 15.9 Å². The highest BCUT2D eigenvalue weighted by Gasteiger charge is 2.36. The molecule has 0 radical (unpaired) electrons. The lowest BCUT2D eigenvalue weighted by atomic mass is 10.2. The first-order valence-corrected chi connectivity index (χ1v) is 8.57. The maximum Gasteiger partial charge on any atom is 0.246 e. The smallest absolute Gasteiger partial charge is 0.246 e. The Hall–Kier alpha value is -0.570. The van der Waals surface area contributed by atoms with Crippen molar-refractivity contribution >= 4 is 26.0 Å². The molecule has 2 rings (SSSR count). The monoisotopic (exact) mass is 369 g/mol. The van der Waals surface area contributed by atoms with Gasteiger partial charge in [0.2, 0.25) is 10.0 Å². The topological polar surface area (TPSA) is 46.6 Å². The molecule has 1 aliphatic rings. The number of halogens is 3. The molecule has 1 saturated heterocycles. The predicted octanol–water partition coefficient (Wildman–Crippen LogP) is 2.14. The summed E-state index contributed by atoms with van der Waals surface area (Å²) in [4.78, 5) is -0.513. The minimum Gasteiger partial charge on any atom is -0.374 e. The molecule has 1 fully saturated rings. The largest absolute Gasteiger partial charge is 0.374 e. The van der Waals surface area contributed by atoms with Crippen LogP contribution in [0.4, 0.5) is 8.78 Å². The van der Waals surface area contributed by atoms with E-state index < -0.39 is 32.6 Å². The average molecular weight is 370 g/mol. The normalized spacial score (nSPS) is 24.8. The summed E-state index contributed by atoms with van der Waals surface area (Å²) in [7, 11) is -4.01. The number of sulfonamides is 1. The molecule has 8 heteroatoms. The third kappa shape index (κ3) is 3.03. The Balaban J connectivity index is 2.38. The summed E-state index contributed by atoms with van der Waals surface area (Å²) in [6, 6.07) is 2.05. The van der Waals surface area contributed by atoms with Gasteiger partial charge in [-0.25, -0.2) is 17.2 Å². The van der Waals surface area contributed by atoms with E-state index in [9.17, 15) is 17.2 Å². The van der Waals surface area contributed by atoms with Crippen LogP contribution < -0.4 is 0 Å². The van der Waals surface area contributed by atoms with Crippen molar-refractivity contribution < 1.29 is 21.9 Å². The summed E-state index contributed by atoms with van der Waals surface area (Å²) in [6.45, 7) is 2.05. The lowest BCUT2D eigenvalue weighted by molar-refractivity contribution is -0.0140. The number of hydrogen-bond donors (Lipinski definition) is 0. The molecule has 0 aliphatic carbocycles. The second-order valence-corrected chi connectivity index (χ2v) is 7.11. The Morgan fingerprint density at radius 2 is 2.15 bits per heavy atom. The number of rotatable bonds is 3. The molecular weight excluding hydrogens is 356 g/mol. The number of benzene rings is 1. The van der Waals surface area contributed by atoms with Gasteiger partial charge < -0.3 is 4.74 Å². The van der Waals surface area contributed by atoms with Crippen LogP contribution >= 0.6 is 15.9 Å². The molecule has 1 aromatic rings. The molecule has 0 spiro atoms. The summed E-state index contributed by atoms with van der Waals surface area (Å²) in [5.74, 6) is -1.89. The zero-order chi connectivity index (χ0) is 14.9. The third-order valence-corrected chi connectivity index (χ3v) is 5.84. The van der Waals surface area contributed by atoms with E-state index >= 15 is 0 Å². The van der Waals surface area contributed by atoms with Gasteiger partial charge in [0.15, 0.2) is 0 Å². The quantitative estimate of drug-likeness (QED) is 0.766. The maximum absolute atomic E-state index is 13.7. The summed E-state index contributed by atoms with van der Waals surface area (Å²) in [6.07, 6.45) is -0.288. The lowest BCUT2D eigenvalue weighted by Crippen LogP contribution is -2.51. The Morgan fingerprint density at radius 3 is 2.75 bits per heavy atom. The van der Waals surface area contributed by atoms with Gasteiger partial charge in [0.05, 0.1) is 12.7 Å². The Bertz CT molecular complexity index is 596. The number of hydrogen-bond acceptors (Lipinski definition) is 3. The standard InChI is InChI=1S/C12H14BrF2NO3S/c1-8-7-19-10(5-13)6-16(8)20(17,18)12-3-2-9(14)4-11(12)15/h2-4,8,10H,5-7H2,1H3. The molecular formula is C12H14BrF2NO3S. The van der Waals surface area contributed by atoms with Crippen molar-refractivity contribution in [2.75, 3.05) is 18.5 Å². The predicted molar refractivity (Wildman–Crippen MR) is 73.2 cm³/mol. The van der Waals surface area contributed by atoms with Crippen LogP contribution in [0.2, 0.25) is 0 Å².